The zero-order valence-electron chi connectivity index (χ0n) is 82.9. The van der Waals surface area contributed by atoms with Crippen LogP contribution in [0.25, 0.3) is 22.3 Å². The average molecular weight is 1910 g/mol. The van der Waals surface area contributed by atoms with Gasteiger partial charge in [-0.15, -0.1) is 0 Å². The van der Waals surface area contributed by atoms with E-state index in [1.54, 1.807) is 34.3 Å². The Labute approximate surface area is 804 Å². The molecule has 30 nitrogen and oxygen atoms in total. The SMILES string of the molecule is CCCCCCN1\C(=C/C=C/C=C/C2=[N+](CCCCCC)c3cc4c(cc3C2(C)C)-c2ccc(C)cc2C4(CCC(=O)NCCOCCOCCOCCOCCOCCOC)CCC(=O)NCCOCCOCCOCCOCCOCCOC)C(C)(C)c2cc3c(cc21)C(CCC(C)=O)(CCC(=O)NCCOCCOCCOCCOCCOCCOC)c1cc(S(=O)(=O)[O-])ccc1-3. The molecule has 4 aromatic rings. The molecule has 0 bridgehead atoms. The van der Waals surface area contributed by atoms with Crippen LogP contribution in [0.3, 0.4) is 0 Å². The van der Waals surface area contributed by atoms with Crippen LogP contribution < -0.4 is 20.9 Å². The van der Waals surface area contributed by atoms with E-state index in [1.165, 1.54) is 17.7 Å². The summed E-state index contributed by atoms with van der Waals surface area (Å²) in [6, 6.07) is 20.5. The van der Waals surface area contributed by atoms with Crippen LogP contribution in [0.5, 0.6) is 0 Å². The van der Waals surface area contributed by atoms with Gasteiger partial charge in [0.05, 0.1) is 228 Å². The Morgan fingerprint density at radius 2 is 0.756 bits per heavy atom. The highest BCUT2D eigenvalue weighted by molar-refractivity contribution is 7.85. The highest BCUT2D eigenvalue weighted by Crippen LogP contribution is 2.61. The molecule has 0 saturated carbocycles. The number of allylic oxidation sites excluding steroid dienone is 6. The third-order valence-electron chi connectivity index (χ3n) is 25.1. The number of amides is 3. The van der Waals surface area contributed by atoms with Crippen molar-refractivity contribution in [1.29, 1.82) is 0 Å². The smallest absolute Gasteiger partial charge is 0.220 e. The summed E-state index contributed by atoms with van der Waals surface area (Å²) in [7, 11) is -0.0102. The first-order valence-corrected chi connectivity index (χ1v) is 50.5. The average Bonchev–Trinajstić information content (AvgIpc) is 1.54. The number of anilines is 1. The number of rotatable bonds is 80. The fourth-order valence-electron chi connectivity index (χ4n) is 17.9. The number of carbonyl (C=O) groups excluding carboxylic acids is 4. The molecule has 0 fully saturated rings. The summed E-state index contributed by atoms with van der Waals surface area (Å²) in [4.78, 5) is 58.1. The normalized spacial score (nSPS) is 15.8. The summed E-state index contributed by atoms with van der Waals surface area (Å²) >= 11 is 0. The van der Waals surface area contributed by atoms with Crippen molar-refractivity contribution in [3.05, 3.63) is 136 Å². The van der Waals surface area contributed by atoms with Gasteiger partial charge in [-0.2, -0.15) is 4.58 Å². The van der Waals surface area contributed by atoms with Crippen molar-refractivity contribution >= 4 is 50.7 Å². The highest BCUT2D eigenvalue weighted by Gasteiger charge is 2.52. The molecule has 756 valence electrons. The van der Waals surface area contributed by atoms with Gasteiger partial charge >= 0.3 is 0 Å². The largest absolute Gasteiger partial charge is 0.744 e. The lowest BCUT2D eigenvalue weighted by Gasteiger charge is -2.33. The van der Waals surface area contributed by atoms with Crippen LogP contribution in [0.4, 0.5) is 11.4 Å². The maximum Gasteiger partial charge on any atom is 0.220 e. The molecule has 2 aliphatic heterocycles. The molecule has 0 radical (unpaired) electrons. The van der Waals surface area contributed by atoms with Crippen LogP contribution in [-0.2, 0) is 136 Å². The second kappa shape index (κ2) is 62.8. The first kappa shape index (κ1) is 113. The third-order valence-corrected chi connectivity index (χ3v) is 25.9. The van der Waals surface area contributed by atoms with E-state index < -0.39 is 31.8 Å². The molecule has 0 spiro atoms. The summed E-state index contributed by atoms with van der Waals surface area (Å²) in [5.74, 6) is -0.514. The van der Waals surface area contributed by atoms with E-state index in [1.807, 2.05) is 0 Å². The van der Waals surface area contributed by atoms with Gasteiger partial charge in [0.2, 0.25) is 23.4 Å². The summed E-state index contributed by atoms with van der Waals surface area (Å²) in [6.07, 6.45) is 21.1. The summed E-state index contributed by atoms with van der Waals surface area (Å²) in [6.45, 7) is 33.8. The minimum Gasteiger partial charge on any atom is -0.744 e. The van der Waals surface area contributed by atoms with Crippen LogP contribution >= 0.6 is 0 Å². The third kappa shape index (κ3) is 36.5. The number of carbonyl (C=O) groups is 4. The van der Waals surface area contributed by atoms with Crippen molar-refractivity contribution in [2.45, 2.75) is 185 Å². The number of ketones is 1. The van der Waals surface area contributed by atoms with Crippen LogP contribution in [0, 0.1) is 6.92 Å². The molecule has 4 aliphatic rings. The topological polar surface area (TPSA) is 334 Å². The van der Waals surface area contributed by atoms with E-state index >= 15 is 0 Å². The van der Waals surface area contributed by atoms with E-state index in [0.29, 0.717) is 249 Å². The van der Waals surface area contributed by atoms with E-state index in [-0.39, 0.29) is 80.1 Å². The predicted molar refractivity (Wildman–Crippen MR) is 520 cm³/mol. The number of methoxy groups -OCH3 is 3. The van der Waals surface area contributed by atoms with Crippen LogP contribution in [0.15, 0.2) is 102 Å². The molecule has 0 saturated heterocycles. The molecular formula is C104H159N5O25S. The Balaban J connectivity index is 1.01. The monoisotopic (exact) mass is 1910 g/mol. The summed E-state index contributed by atoms with van der Waals surface area (Å²) in [5, 5.41) is 9.30. The minimum atomic E-state index is -4.91. The number of fused-ring (bicyclic) bond motifs is 8. The van der Waals surface area contributed by atoms with Crippen molar-refractivity contribution in [3.8, 4) is 22.3 Å². The number of nitrogens with one attached hydrogen (secondary N) is 3. The van der Waals surface area contributed by atoms with Gasteiger partial charge in [0.15, 0.2) is 5.71 Å². The number of aryl methyl sites for hydroxylation is 1. The predicted octanol–water partition coefficient (Wildman–Crippen LogP) is 13.0. The van der Waals surface area contributed by atoms with Crippen LogP contribution in [0.1, 0.15) is 190 Å². The standard InChI is InChI=1S/C104H159N5O25S/c1-12-14-16-21-40-108-94-79-90-87(85-28-26-83(135(114,115)116)76-89(85)103(90,33-29-82(4)110)34-30-98(111)105-37-42-120-51-54-126-63-66-132-72-69-129-60-57-123-48-45-117-9)78-93(94)102(7,8)97(108)24-20-18-19-23-96-101(5,6)92-77-86-84-27-25-81(3)75-88(84)104(91(86)80-95(92)109(96)41-22-17-15-13-2,35-31-99(112)106-38-43-121-52-55-127-64-67-133-73-70-130-61-58-124-49-46-118-10)36-32-100(113)107-39-44-122-53-56-128-65-68-134-74-71-131-62-59-125-50-47-119-11/h18-20,23-28,75-80H,12-17,21-22,29-74H2,1-11H3,(H3-,105,106,107,111,112,113,114,115,116). The van der Waals surface area contributed by atoms with Gasteiger partial charge < -0.3 is 115 Å². The fourth-order valence-corrected chi connectivity index (χ4v) is 18.4. The summed E-state index contributed by atoms with van der Waals surface area (Å²) < 4.78 is 141. The molecular weight excluding hydrogens is 1750 g/mol. The molecule has 135 heavy (non-hydrogen) atoms. The molecule has 2 aliphatic carbocycles. The number of benzene rings is 4. The van der Waals surface area contributed by atoms with E-state index in [2.05, 4.69) is 147 Å². The minimum absolute atomic E-state index is 0.0388. The van der Waals surface area contributed by atoms with Crippen molar-refractivity contribution in [1.82, 2.24) is 16.0 Å². The Morgan fingerprint density at radius 3 is 1.16 bits per heavy atom. The molecule has 2 heterocycles. The quantitative estimate of drug-likeness (QED) is 0.0160. The molecule has 31 heteroatoms. The maximum atomic E-state index is 14.3. The van der Waals surface area contributed by atoms with Gasteiger partial charge in [-0.05, 0) is 153 Å². The number of hydrogen-bond acceptors (Lipinski definition) is 26. The Hall–Kier alpha value is -7.16. The Kier molecular flexibility index (Phi) is 52.6. The number of Topliss-reactive ketones (excluding diaryl/α,β-unsaturated/α-hetero) is 1. The highest BCUT2D eigenvalue weighted by atomic mass is 32.2. The number of unbranched alkanes of at least 4 members (excludes halogenated alkanes) is 6. The molecule has 4 aromatic carbocycles. The van der Waals surface area contributed by atoms with Crippen LogP contribution in [0.2, 0.25) is 0 Å². The lowest BCUT2D eigenvalue weighted by atomic mass is 9.70. The van der Waals surface area contributed by atoms with Gasteiger partial charge in [-0.25, -0.2) is 8.42 Å². The van der Waals surface area contributed by atoms with Crippen LogP contribution in [-0.4, -0.2) is 319 Å². The van der Waals surface area contributed by atoms with Gasteiger partial charge in [0.25, 0.3) is 0 Å². The van der Waals surface area contributed by atoms with Crippen molar-refractivity contribution in [3.63, 3.8) is 0 Å². The number of hydrogen-bond donors (Lipinski definition) is 3. The second-order valence-electron chi connectivity index (χ2n) is 35.5. The zero-order valence-corrected chi connectivity index (χ0v) is 83.7. The summed E-state index contributed by atoms with van der Waals surface area (Å²) in [5.41, 5.74) is 12.5. The van der Waals surface area contributed by atoms with E-state index in [0.717, 1.165) is 131 Å². The molecule has 0 aromatic heterocycles. The van der Waals surface area contributed by atoms with Crippen molar-refractivity contribution in [2.24, 2.45) is 0 Å². The lowest BCUT2D eigenvalue weighted by Crippen LogP contribution is -2.34. The first-order chi connectivity index (χ1) is 65.5. The molecule has 3 N–H and O–H groups in total. The molecule has 1 atom stereocenters. The Bertz CT molecular complexity index is 4380. The second-order valence-corrected chi connectivity index (χ2v) is 36.9. The Morgan fingerprint density at radius 1 is 0.393 bits per heavy atom. The molecule has 1 unspecified atom stereocenters. The van der Waals surface area contributed by atoms with Crippen molar-refractivity contribution in [2.75, 3.05) is 277 Å². The molecule has 8 rings (SSSR count). The van der Waals surface area contributed by atoms with E-state index in [4.69, 9.17) is 85.3 Å². The number of ether oxygens (including phenoxy) is 18. The van der Waals surface area contributed by atoms with Gasteiger partial charge in [0.1, 0.15) is 22.4 Å². The number of nitrogens with zero attached hydrogens (tertiary/aromatic N) is 2. The molecule has 3 amide bonds. The van der Waals surface area contributed by atoms with E-state index in [9.17, 15) is 32.1 Å². The van der Waals surface area contributed by atoms with Crippen molar-refractivity contribution < 1.29 is 122 Å². The van der Waals surface area contributed by atoms with Gasteiger partial charge in [-0.3, -0.25) is 14.4 Å². The lowest BCUT2D eigenvalue weighted by molar-refractivity contribution is -0.438. The zero-order chi connectivity index (χ0) is 96.8. The van der Waals surface area contributed by atoms with Gasteiger partial charge in [-0.1, -0.05) is 108 Å². The fraction of sp³-hybridized carbons (Fsp3) is 0.663. The maximum absolute atomic E-state index is 14.3. The van der Waals surface area contributed by atoms with Gasteiger partial charge in [0, 0.05) is 125 Å². The first-order valence-electron chi connectivity index (χ1n) is 49.0.